The molecule has 0 saturated heterocycles. The normalized spacial score (nSPS) is 9.22. The van der Waals surface area contributed by atoms with Gasteiger partial charge in [-0.05, 0) is 38.1 Å². The van der Waals surface area contributed by atoms with Crippen molar-refractivity contribution in [2.24, 2.45) is 0 Å². The number of ether oxygens (including phenoxy) is 2. The van der Waals surface area contributed by atoms with Crippen LogP contribution in [0.3, 0.4) is 0 Å². The second-order valence-electron chi connectivity index (χ2n) is 3.51. The summed E-state index contributed by atoms with van der Waals surface area (Å²) < 4.78 is 10.4. The first kappa shape index (κ1) is 14.3. The van der Waals surface area contributed by atoms with Crippen LogP contribution in [0.2, 0.25) is 0 Å². The van der Waals surface area contributed by atoms with Crippen molar-refractivity contribution in [3.05, 3.63) is 60.7 Å². The second kappa shape index (κ2) is 9.25. The van der Waals surface area contributed by atoms with Gasteiger partial charge in [0.2, 0.25) is 0 Å². The monoisotopic (exact) mass is 244 g/mol. The summed E-state index contributed by atoms with van der Waals surface area (Å²) in [5, 5.41) is 0. The summed E-state index contributed by atoms with van der Waals surface area (Å²) >= 11 is 0. The molecular weight excluding hydrogens is 224 g/mol. The zero-order chi connectivity index (χ0) is 13.1. The Bertz CT molecular complexity index is 358. The molecule has 0 spiro atoms. The molecular formula is C16H20O2. The number of hydrogen-bond acceptors (Lipinski definition) is 2. The summed E-state index contributed by atoms with van der Waals surface area (Å²) in [6.07, 6.45) is 0. The molecule has 0 heterocycles. The van der Waals surface area contributed by atoms with Crippen molar-refractivity contribution in [1.82, 2.24) is 0 Å². The van der Waals surface area contributed by atoms with Crippen LogP contribution in [0.1, 0.15) is 13.8 Å². The lowest BCUT2D eigenvalue weighted by molar-refractivity contribution is 0.162. The van der Waals surface area contributed by atoms with Gasteiger partial charge in [0.05, 0.1) is 0 Å². The number of rotatable bonds is 4. The molecule has 0 bridgehead atoms. The Morgan fingerprint density at radius 3 is 1.33 bits per heavy atom. The van der Waals surface area contributed by atoms with Crippen LogP contribution in [0, 0.1) is 0 Å². The van der Waals surface area contributed by atoms with Crippen LogP contribution in [-0.4, -0.2) is 13.2 Å². The van der Waals surface area contributed by atoms with Gasteiger partial charge in [0.1, 0.15) is 11.5 Å². The molecule has 2 aromatic carbocycles. The third-order valence-corrected chi connectivity index (χ3v) is 2.13. The number of hydrogen-bond donors (Lipinski definition) is 0. The first-order chi connectivity index (χ1) is 8.86. The summed E-state index contributed by atoms with van der Waals surface area (Å²) in [5.41, 5.74) is 0. The molecule has 0 aliphatic carbocycles. The van der Waals surface area contributed by atoms with E-state index < -0.39 is 0 Å². The minimum Gasteiger partial charge on any atom is -0.457 e. The highest BCUT2D eigenvalue weighted by atomic mass is 16.5. The van der Waals surface area contributed by atoms with E-state index in [1.807, 2.05) is 74.5 Å². The van der Waals surface area contributed by atoms with Crippen LogP contribution >= 0.6 is 0 Å². The van der Waals surface area contributed by atoms with Crippen molar-refractivity contribution in [2.45, 2.75) is 13.8 Å². The number of benzene rings is 2. The molecule has 0 aliphatic heterocycles. The first-order valence-corrected chi connectivity index (χ1v) is 6.22. The smallest absolute Gasteiger partial charge is 0.127 e. The average molecular weight is 244 g/mol. The van der Waals surface area contributed by atoms with Crippen molar-refractivity contribution in [3.8, 4) is 11.5 Å². The lowest BCUT2D eigenvalue weighted by atomic mass is 10.3. The molecule has 0 aromatic heterocycles. The highest BCUT2D eigenvalue weighted by molar-refractivity contribution is 5.30. The lowest BCUT2D eigenvalue weighted by Crippen LogP contribution is -1.84. The molecule has 2 rings (SSSR count). The molecule has 2 nitrogen and oxygen atoms in total. The predicted molar refractivity (Wildman–Crippen MR) is 75.1 cm³/mol. The SMILES string of the molecule is CCOCC.c1ccc(Oc2ccccc2)cc1. The standard InChI is InChI=1S/C12H10O.C4H10O/c1-3-7-11(8-4-1)13-12-9-5-2-6-10-12;1-3-5-4-2/h1-10H;3-4H2,1-2H3. The largest absolute Gasteiger partial charge is 0.457 e. The molecule has 0 amide bonds. The summed E-state index contributed by atoms with van der Waals surface area (Å²) in [7, 11) is 0. The molecule has 18 heavy (non-hydrogen) atoms. The molecule has 0 radical (unpaired) electrons. The maximum atomic E-state index is 5.58. The fourth-order valence-corrected chi connectivity index (χ4v) is 1.32. The van der Waals surface area contributed by atoms with Crippen molar-refractivity contribution >= 4 is 0 Å². The lowest BCUT2D eigenvalue weighted by Gasteiger charge is -2.03. The Balaban J connectivity index is 0.000000280. The Hall–Kier alpha value is -1.80. The van der Waals surface area contributed by atoms with Crippen LogP contribution in [0.15, 0.2) is 60.7 Å². The summed E-state index contributed by atoms with van der Waals surface area (Å²) in [6, 6.07) is 19.5. The van der Waals surface area contributed by atoms with Gasteiger partial charge in [-0.25, -0.2) is 0 Å². The Kier molecular flexibility index (Phi) is 7.33. The zero-order valence-corrected chi connectivity index (χ0v) is 11.0. The van der Waals surface area contributed by atoms with E-state index in [4.69, 9.17) is 9.47 Å². The minimum atomic E-state index is 0.844. The molecule has 0 unspecified atom stereocenters. The molecule has 2 heteroatoms. The molecule has 2 aromatic rings. The van der Waals surface area contributed by atoms with Gasteiger partial charge in [-0.15, -0.1) is 0 Å². The van der Waals surface area contributed by atoms with Crippen molar-refractivity contribution < 1.29 is 9.47 Å². The summed E-state index contributed by atoms with van der Waals surface area (Å²) in [6.45, 7) is 5.67. The van der Waals surface area contributed by atoms with Crippen LogP contribution in [0.5, 0.6) is 11.5 Å². The van der Waals surface area contributed by atoms with Gasteiger partial charge < -0.3 is 9.47 Å². The quantitative estimate of drug-likeness (QED) is 0.787. The van der Waals surface area contributed by atoms with E-state index in [-0.39, 0.29) is 0 Å². The van der Waals surface area contributed by atoms with E-state index in [1.54, 1.807) is 0 Å². The predicted octanol–water partition coefficient (Wildman–Crippen LogP) is 4.52. The second-order valence-corrected chi connectivity index (χ2v) is 3.51. The van der Waals surface area contributed by atoms with Gasteiger partial charge in [-0.2, -0.15) is 0 Å². The molecule has 0 atom stereocenters. The highest BCUT2D eigenvalue weighted by Crippen LogP contribution is 2.19. The van der Waals surface area contributed by atoms with Crippen LogP contribution in [0.25, 0.3) is 0 Å². The number of para-hydroxylation sites is 2. The van der Waals surface area contributed by atoms with Gasteiger partial charge in [0.15, 0.2) is 0 Å². The van der Waals surface area contributed by atoms with Crippen LogP contribution < -0.4 is 4.74 Å². The molecule has 0 aliphatic rings. The van der Waals surface area contributed by atoms with Gasteiger partial charge in [-0.1, -0.05) is 36.4 Å². The highest BCUT2D eigenvalue weighted by Gasteiger charge is 1.92. The maximum Gasteiger partial charge on any atom is 0.127 e. The van der Waals surface area contributed by atoms with Crippen LogP contribution in [0.4, 0.5) is 0 Å². The van der Waals surface area contributed by atoms with Gasteiger partial charge in [0.25, 0.3) is 0 Å². The fraction of sp³-hybridized carbons (Fsp3) is 0.250. The molecule has 96 valence electrons. The minimum absolute atomic E-state index is 0.844. The van der Waals surface area contributed by atoms with Crippen molar-refractivity contribution in [3.63, 3.8) is 0 Å². The van der Waals surface area contributed by atoms with Crippen molar-refractivity contribution in [1.29, 1.82) is 0 Å². The Morgan fingerprint density at radius 2 is 1.06 bits per heavy atom. The first-order valence-electron chi connectivity index (χ1n) is 6.22. The average Bonchev–Trinajstić information content (AvgIpc) is 2.43. The molecule has 0 N–H and O–H groups in total. The summed E-state index contributed by atoms with van der Waals surface area (Å²) in [5.74, 6) is 1.74. The van der Waals surface area contributed by atoms with E-state index in [1.165, 1.54) is 0 Å². The topological polar surface area (TPSA) is 18.5 Å². The third-order valence-electron chi connectivity index (χ3n) is 2.13. The Morgan fingerprint density at radius 1 is 0.667 bits per heavy atom. The van der Waals surface area contributed by atoms with E-state index in [0.717, 1.165) is 24.7 Å². The maximum absolute atomic E-state index is 5.58. The van der Waals surface area contributed by atoms with Gasteiger partial charge in [-0.3, -0.25) is 0 Å². The molecule has 0 saturated carbocycles. The summed E-state index contributed by atoms with van der Waals surface area (Å²) in [4.78, 5) is 0. The van der Waals surface area contributed by atoms with Gasteiger partial charge >= 0.3 is 0 Å². The van der Waals surface area contributed by atoms with E-state index >= 15 is 0 Å². The van der Waals surface area contributed by atoms with E-state index in [9.17, 15) is 0 Å². The van der Waals surface area contributed by atoms with Crippen LogP contribution in [-0.2, 0) is 4.74 Å². The third kappa shape index (κ3) is 6.06. The van der Waals surface area contributed by atoms with E-state index in [2.05, 4.69) is 0 Å². The van der Waals surface area contributed by atoms with E-state index in [0.29, 0.717) is 0 Å². The van der Waals surface area contributed by atoms with Gasteiger partial charge in [0, 0.05) is 13.2 Å². The fourth-order valence-electron chi connectivity index (χ4n) is 1.32. The van der Waals surface area contributed by atoms with Crippen molar-refractivity contribution in [2.75, 3.05) is 13.2 Å². The zero-order valence-electron chi connectivity index (χ0n) is 11.0. The molecule has 0 fully saturated rings. The Labute approximate surface area is 109 Å².